The van der Waals surface area contributed by atoms with Crippen LogP contribution in [0.25, 0.3) is 0 Å². The van der Waals surface area contributed by atoms with Crippen LogP contribution in [0.5, 0.6) is 0 Å². The van der Waals surface area contributed by atoms with Crippen LogP contribution in [0.3, 0.4) is 0 Å². The SMILES string of the molecule is C[C@H]1C(=O)N(CCC(=O)N2CCCC(O)C2)CCN1C(=O)Nc1ccc(Cl)c(Cl)c1. The normalized spacial score (nSPS) is 22.3. The summed E-state index contributed by atoms with van der Waals surface area (Å²) >= 11 is 11.9. The predicted octanol–water partition coefficient (Wildman–Crippen LogP) is 2.43. The quantitative estimate of drug-likeness (QED) is 0.727. The standard InChI is InChI=1S/C20H26Cl2N4O4/c1-13-19(29)24(8-6-18(28)25-7-2-3-15(27)12-25)9-10-26(13)20(30)23-14-4-5-16(21)17(22)11-14/h4-5,11,13,15,27H,2-3,6-10,12H2,1H3,(H,23,30)/t13-,15?/m0/s1. The van der Waals surface area contributed by atoms with Gasteiger partial charge in [0.2, 0.25) is 11.8 Å². The largest absolute Gasteiger partial charge is 0.391 e. The van der Waals surface area contributed by atoms with Gasteiger partial charge < -0.3 is 25.1 Å². The Labute approximate surface area is 185 Å². The van der Waals surface area contributed by atoms with Crippen molar-refractivity contribution >= 4 is 46.7 Å². The number of aliphatic hydroxyl groups is 1. The van der Waals surface area contributed by atoms with E-state index in [0.29, 0.717) is 54.9 Å². The predicted molar refractivity (Wildman–Crippen MR) is 115 cm³/mol. The molecular formula is C20H26Cl2N4O4. The Bertz CT molecular complexity index is 822. The van der Waals surface area contributed by atoms with Crippen LogP contribution in [-0.2, 0) is 9.59 Å². The Morgan fingerprint density at radius 3 is 2.67 bits per heavy atom. The van der Waals surface area contributed by atoms with E-state index in [2.05, 4.69) is 5.32 Å². The molecule has 2 saturated heterocycles. The van der Waals surface area contributed by atoms with Gasteiger partial charge in [0.05, 0.1) is 16.1 Å². The van der Waals surface area contributed by atoms with Crippen LogP contribution < -0.4 is 5.32 Å². The average Bonchev–Trinajstić information content (AvgIpc) is 2.71. The molecule has 0 spiro atoms. The highest BCUT2D eigenvalue weighted by Crippen LogP contribution is 2.25. The topological polar surface area (TPSA) is 93.2 Å². The summed E-state index contributed by atoms with van der Waals surface area (Å²) in [6.07, 6.45) is 1.24. The minimum atomic E-state index is -0.645. The fourth-order valence-electron chi connectivity index (χ4n) is 3.77. The third-order valence-corrected chi connectivity index (χ3v) is 6.26. The molecule has 0 aliphatic carbocycles. The number of hydrogen-bond donors (Lipinski definition) is 2. The lowest BCUT2D eigenvalue weighted by Crippen LogP contribution is -2.58. The van der Waals surface area contributed by atoms with Crippen molar-refractivity contribution in [1.82, 2.24) is 14.7 Å². The minimum absolute atomic E-state index is 0.0611. The molecule has 1 aromatic rings. The molecule has 3 rings (SSSR count). The molecule has 2 aliphatic heterocycles. The summed E-state index contributed by atoms with van der Waals surface area (Å²) in [6, 6.07) is 3.73. The van der Waals surface area contributed by atoms with E-state index < -0.39 is 18.2 Å². The van der Waals surface area contributed by atoms with Gasteiger partial charge in [-0.1, -0.05) is 23.2 Å². The summed E-state index contributed by atoms with van der Waals surface area (Å²) < 4.78 is 0. The van der Waals surface area contributed by atoms with Crippen molar-refractivity contribution < 1.29 is 19.5 Å². The zero-order chi connectivity index (χ0) is 21.8. The van der Waals surface area contributed by atoms with Gasteiger partial charge in [-0.25, -0.2) is 4.79 Å². The molecule has 0 radical (unpaired) electrons. The van der Waals surface area contributed by atoms with Gasteiger partial charge in [0.1, 0.15) is 6.04 Å². The first-order valence-corrected chi connectivity index (χ1v) is 10.8. The molecule has 8 nitrogen and oxygen atoms in total. The summed E-state index contributed by atoms with van der Waals surface area (Å²) in [6.45, 7) is 3.68. The van der Waals surface area contributed by atoms with Crippen molar-refractivity contribution in [2.45, 2.75) is 38.3 Å². The van der Waals surface area contributed by atoms with Gasteiger partial charge in [-0.05, 0) is 38.0 Å². The summed E-state index contributed by atoms with van der Waals surface area (Å²) in [5, 5.41) is 13.2. The van der Waals surface area contributed by atoms with Crippen molar-refractivity contribution in [3.05, 3.63) is 28.2 Å². The number of piperazine rings is 1. The van der Waals surface area contributed by atoms with E-state index in [9.17, 15) is 19.5 Å². The number of rotatable bonds is 4. The zero-order valence-corrected chi connectivity index (χ0v) is 18.3. The number of hydrogen-bond acceptors (Lipinski definition) is 4. The van der Waals surface area contributed by atoms with E-state index in [1.54, 1.807) is 34.9 Å². The Morgan fingerprint density at radius 2 is 1.97 bits per heavy atom. The van der Waals surface area contributed by atoms with Gasteiger partial charge in [-0.15, -0.1) is 0 Å². The van der Waals surface area contributed by atoms with Crippen LogP contribution >= 0.6 is 23.2 Å². The second kappa shape index (κ2) is 9.85. The van der Waals surface area contributed by atoms with Crippen LogP contribution in [0.15, 0.2) is 18.2 Å². The highest BCUT2D eigenvalue weighted by molar-refractivity contribution is 6.42. The molecule has 2 N–H and O–H groups in total. The fraction of sp³-hybridized carbons (Fsp3) is 0.550. The molecule has 2 atom stereocenters. The summed E-state index contributed by atoms with van der Waals surface area (Å²) in [4.78, 5) is 42.5. The molecule has 164 valence electrons. The third-order valence-electron chi connectivity index (χ3n) is 5.52. The van der Waals surface area contributed by atoms with Crippen LogP contribution in [0.1, 0.15) is 26.2 Å². The maximum Gasteiger partial charge on any atom is 0.322 e. The maximum absolute atomic E-state index is 12.7. The second-order valence-corrected chi connectivity index (χ2v) is 8.45. The molecule has 30 heavy (non-hydrogen) atoms. The average molecular weight is 457 g/mol. The first kappa shape index (κ1) is 22.7. The molecule has 1 unspecified atom stereocenters. The Kier molecular flexibility index (Phi) is 7.44. The molecule has 0 aromatic heterocycles. The number of anilines is 1. The number of carbonyl (C=O) groups excluding carboxylic acids is 3. The molecule has 0 bridgehead atoms. The number of carbonyl (C=O) groups is 3. The number of halogens is 2. The molecule has 0 saturated carbocycles. The number of amides is 4. The Morgan fingerprint density at radius 1 is 1.20 bits per heavy atom. The first-order valence-electron chi connectivity index (χ1n) is 10.0. The molecule has 4 amide bonds. The van der Waals surface area contributed by atoms with Crippen molar-refractivity contribution in [1.29, 1.82) is 0 Å². The van der Waals surface area contributed by atoms with E-state index >= 15 is 0 Å². The van der Waals surface area contributed by atoms with Crippen molar-refractivity contribution in [3.63, 3.8) is 0 Å². The third kappa shape index (κ3) is 5.36. The van der Waals surface area contributed by atoms with Crippen molar-refractivity contribution in [2.24, 2.45) is 0 Å². The van der Waals surface area contributed by atoms with Crippen LogP contribution in [0, 0.1) is 0 Å². The van der Waals surface area contributed by atoms with E-state index in [-0.39, 0.29) is 18.2 Å². The molecule has 1 aromatic carbocycles. The van der Waals surface area contributed by atoms with Crippen molar-refractivity contribution in [3.8, 4) is 0 Å². The maximum atomic E-state index is 12.7. The van der Waals surface area contributed by atoms with Gasteiger partial charge in [-0.2, -0.15) is 0 Å². The van der Waals surface area contributed by atoms with Gasteiger partial charge in [0.25, 0.3) is 0 Å². The fourth-order valence-corrected chi connectivity index (χ4v) is 4.07. The lowest BCUT2D eigenvalue weighted by Gasteiger charge is -2.39. The lowest BCUT2D eigenvalue weighted by atomic mass is 10.1. The van der Waals surface area contributed by atoms with E-state index in [4.69, 9.17) is 23.2 Å². The van der Waals surface area contributed by atoms with E-state index in [0.717, 1.165) is 6.42 Å². The second-order valence-electron chi connectivity index (χ2n) is 7.64. The number of urea groups is 1. The number of aliphatic hydroxyl groups excluding tert-OH is 1. The number of nitrogens with zero attached hydrogens (tertiary/aromatic N) is 3. The number of β-amino-alcohol motifs (C(OH)–C–C–N with tert-alkyl or cyclic N) is 1. The van der Waals surface area contributed by atoms with Crippen LogP contribution in [0.2, 0.25) is 10.0 Å². The number of likely N-dealkylation sites (tertiary alicyclic amines) is 1. The molecule has 10 heteroatoms. The van der Waals surface area contributed by atoms with E-state index in [1.165, 1.54) is 4.90 Å². The first-order chi connectivity index (χ1) is 14.3. The van der Waals surface area contributed by atoms with E-state index in [1.807, 2.05) is 0 Å². The number of piperidine rings is 1. The van der Waals surface area contributed by atoms with Crippen LogP contribution in [-0.4, -0.2) is 82.5 Å². The summed E-state index contributed by atoms with van der Waals surface area (Å²) in [5.41, 5.74) is 0.491. The lowest BCUT2D eigenvalue weighted by molar-refractivity contribution is -0.141. The molecule has 2 fully saturated rings. The number of benzene rings is 1. The summed E-state index contributed by atoms with van der Waals surface area (Å²) in [7, 11) is 0. The molecule has 2 aliphatic rings. The molecular weight excluding hydrogens is 431 g/mol. The van der Waals surface area contributed by atoms with Crippen LogP contribution in [0.4, 0.5) is 10.5 Å². The monoisotopic (exact) mass is 456 g/mol. The minimum Gasteiger partial charge on any atom is -0.391 e. The van der Waals surface area contributed by atoms with Gasteiger partial charge in [-0.3, -0.25) is 9.59 Å². The molecule has 2 heterocycles. The highest BCUT2D eigenvalue weighted by Gasteiger charge is 2.34. The zero-order valence-electron chi connectivity index (χ0n) is 16.8. The smallest absolute Gasteiger partial charge is 0.322 e. The number of nitrogens with one attached hydrogen (secondary N) is 1. The van der Waals surface area contributed by atoms with Gasteiger partial charge >= 0.3 is 6.03 Å². The highest BCUT2D eigenvalue weighted by atomic mass is 35.5. The Balaban J connectivity index is 1.52. The Hall–Kier alpha value is -2.03. The van der Waals surface area contributed by atoms with Crippen molar-refractivity contribution in [2.75, 3.05) is 38.0 Å². The van der Waals surface area contributed by atoms with Gasteiger partial charge in [0, 0.05) is 44.8 Å². The summed E-state index contributed by atoms with van der Waals surface area (Å²) in [5.74, 6) is -0.258. The van der Waals surface area contributed by atoms with Gasteiger partial charge in [0.15, 0.2) is 0 Å².